The second-order valence-corrected chi connectivity index (χ2v) is 4.76. The molecule has 19 heavy (non-hydrogen) atoms. The van der Waals surface area contributed by atoms with Crippen LogP contribution in [0.15, 0.2) is 18.2 Å². The van der Waals surface area contributed by atoms with E-state index in [0.29, 0.717) is 18.8 Å². The van der Waals surface area contributed by atoms with E-state index in [9.17, 15) is 9.90 Å². The minimum atomic E-state index is -0.0754. The first-order chi connectivity index (χ1) is 9.19. The molecule has 3 N–H and O–H groups in total. The molecule has 0 spiro atoms. The summed E-state index contributed by atoms with van der Waals surface area (Å²) in [6.45, 7) is 3.07. The van der Waals surface area contributed by atoms with E-state index >= 15 is 0 Å². The predicted octanol–water partition coefficient (Wildman–Crippen LogP) is 0.889. The summed E-state index contributed by atoms with van der Waals surface area (Å²) < 4.78 is 5.42. The van der Waals surface area contributed by atoms with Crippen molar-refractivity contribution >= 4 is 11.6 Å². The molecular formula is C14H20N2O3. The van der Waals surface area contributed by atoms with Crippen molar-refractivity contribution in [2.45, 2.75) is 19.9 Å². The Morgan fingerprint density at radius 2 is 2.32 bits per heavy atom. The molecule has 0 saturated heterocycles. The number of anilines is 1. The summed E-state index contributed by atoms with van der Waals surface area (Å²) in [6.07, 6.45) is 0.826. The third kappa shape index (κ3) is 2.88. The molecule has 1 heterocycles. The molecule has 1 aliphatic heterocycles. The maximum Gasteiger partial charge on any atom is 0.265 e. The summed E-state index contributed by atoms with van der Waals surface area (Å²) in [5.74, 6) is 0.703. The van der Waals surface area contributed by atoms with E-state index in [4.69, 9.17) is 10.5 Å². The van der Waals surface area contributed by atoms with Crippen LogP contribution in [0.3, 0.4) is 0 Å². The van der Waals surface area contributed by atoms with E-state index < -0.39 is 0 Å². The van der Waals surface area contributed by atoms with Crippen LogP contribution >= 0.6 is 0 Å². The Morgan fingerprint density at radius 3 is 2.95 bits per heavy atom. The minimum absolute atomic E-state index is 0.0524. The van der Waals surface area contributed by atoms with Gasteiger partial charge in [0.1, 0.15) is 5.75 Å². The van der Waals surface area contributed by atoms with Crippen LogP contribution < -0.4 is 15.4 Å². The highest BCUT2D eigenvalue weighted by Crippen LogP contribution is 2.33. The first kappa shape index (κ1) is 13.8. The number of fused-ring (bicyclic) bond motifs is 1. The average Bonchev–Trinajstić information content (AvgIpc) is 2.46. The summed E-state index contributed by atoms with van der Waals surface area (Å²) in [7, 11) is 0. The number of aliphatic hydroxyl groups is 1. The Morgan fingerprint density at radius 1 is 1.53 bits per heavy atom. The van der Waals surface area contributed by atoms with Crippen LogP contribution in [0.25, 0.3) is 0 Å². The van der Waals surface area contributed by atoms with E-state index in [-0.39, 0.29) is 25.0 Å². The van der Waals surface area contributed by atoms with Crippen LogP contribution in [0.5, 0.6) is 5.75 Å². The Kier molecular flexibility index (Phi) is 4.39. The van der Waals surface area contributed by atoms with E-state index in [1.807, 2.05) is 25.1 Å². The van der Waals surface area contributed by atoms with E-state index in [2.05, 4.69) is 0 Å². The van der Waals surface area contributed by atoms with Gasteiger partial charge in [-0.15, -0.1) is 0 Å². The largest absolute Gasteiger partial charge is 0.482 e. The van der Waals surface area contributed by atoms with Gasteiger partial charge in [-0.25, -0.2) is 0 Å². The fourth-order valence-electron chi connectivity index (χ4n) is 2.15. The van der Waals surface area contributed by atoms with Gasteiger partial charge >= 0.3 is 0 Å². The van der Waals surface area contributed by atoms with Crippen LogP contribution in [-0.4, -0.2) is 30.8 Å². The second-order valence-electron chi connectivity index (χ2n) is 4.76. The van der Waals surface area contributed by atoms with Gasteiger partial charge in [0.05, 0.1) is 5.69 Å². The average molecular weight is 264 g/mol. The number of carbonyl (C=O) groups excluding carboxylic acids is 1. The number of nitrogens with two attached hydrogens (primary N) is 1. The van der Waals surface area contributed by atoms with Crippen molar-refractivity contribution in [3.8, 4) is 5.75 Å². The number of carbonyl (C=O) groups is 1. The van der Waals surface area contributed by atoms with E-state index in [1.165, 1.54) is 0 Å². The Labute approximate surface area is 113 Å². The van der Waals surface area contributed by atoms with Gasteiger partial charge in [0.2, 0.25) is 0 Å². The zero-order valence-corrected chi connectivity index (χ0v) is 11.1. The number of hydrogen-bond donors (Lipinski definition) is 2. The first-order valence-corrected chi connectivity index (χ1v) is 6.56. The molecular weight excluding hydrogens is 244 g/mol. The summed E-state index contributed by atoms with van der Waals surface area (Å²) in [5.41, 5.74) is 7.35. The second kappa shape index (κ2) is 6.04. The number of nitrogens with zero attached hydrogens (tertiary/aromatic N) is 1. The standard InChI is InChI=1S/C14H20N2O3/c1-2-10(8-17)7-16-12-5-11(6-15)3-4-13(12)19-9-14(16)18/h3-5,10,17H,2,6-9,15H2,1H3. The topological polar surface area (TPSA) is 75.8 Å². The maximum atomic E-state index is 12.0. The molecule has 0 bridgehead atoms. The quantitative estimate of drug-likeness (QED) is 0.828. The molecule has 1 atom stereocenters. The molecule has 0 radical (unpaired) electrons. The molecule has 5 heteroatoms. The van der Waals surface area contributed by atoms with Crippen molar-refractivity contribution in [2.75, 3.05) is 24.7 Å². The molecule has 1 aromatic rings. The summed E-state index contributed by atoms with van der Waals surface area (Å²) in [5, 5.41) is 9.30. The lowest BCUT2D eigenvalue weighted by molar-refractivity contribution is -0.121. The van der Waals surface area contributed by atoms with E-state index in [1.54, 1.807) is 4.90 Å². The highest BCUT2D eigenvalue weighted by Gasteiger charge is 2.27. The molecule has 0 saturated carbocycles. The van der Waals surface area contributed by atoms with Gasteiger partial charge in [0.15, 0.2) is 6.61 Å². The van der Waals surface area contributed by atoms with Crippen molar-refractivity contribution in [1.29, 1.82) is 0 Å². The molecule has 2 rings (SSSR count). The molecule has 1 aliphatic rings. The van der Waals surface area contributed by atoms with Crippen molar-refractivity contribution in [1.82, 2.24) is 0 Å². The Hall–Kier alpha value is -1.59. The Bertz CT molecular complexity index is 458. The molecule has 1 unspecified atom stereocenters. The molecule has 5 nitrogen and oxygen atoms in total. The van der Waals surface area contributed by atoms with Gasteiger partial charge in [-0.2, -0.15) is 0 Å². The highest BCUT2D eigenvalue weighted by molar-refractivity contribution is 5.97. The fraction of sp³-hybridized carbons (Fsp3) is 0.500. The van der Waals surface area contributed by atoms with E-state index in [0.717, 1.165) is 17.7 Å². The number of benzene rings is 1. The molecule has 0 aliphatic carbocycles. The molecule has 1 aromatic carbocycles. The van der Waals surface area contributed by atoms with Crippen molar-refractivity contribution in [3.63, 3.8) is 0 Å². The molecule has 0 fully saturated rings. The van der Waals surface area contributed by atoms with Crippen molar-refractivity contribution in [2.24, 2.45) is 11.7 Å². The van der Waals surface area contributed by atoms with Crippen molar-refractivity contribution in [3.05, 3.63) is 23.8 Å². The zero-order valence-electron chi connectivity index (χ0n) is 11.1. The predicted molar refractivity (Wildman–Crippen MR) is 73.0 cm³/mol. The lowest BCUT2D eigenvalue weighted by Crippen LogP contribution is -2.42. The van der Waals surface area contributed by atoms with Gasteiger partial charge in [0.25, 0.3) is 5.91 Å². The summed E-state index contributed by atoms with van der Waals surface area (Å²) >= 11 is 0. The number of aliphatic hydroxyl groups excluding tert-OH is 1. The highest BCUT2D eigenvalue weighted by atomic mass is 16.5. The minimum Gasteiger partial charge on any atom is -0.482 e. The van der Waals surface area contributed by atoms with Gasteiger partial charge in [-0.3, -0.25) is 4.79 Å². The first-order valence-electron chi connectivity index (χ1n) is 6.56. The SMILES string of the molecule is CCC(CO)CN1C(=O)COc2ccc(CN)cc21. The van der Waals surface area contributed by atoms with Gasteiger partial charge < -0.3 is 20.5 Å². The molecule has 1 amide bonds. The summed E-state index contributed by atoms with van der Waals surface area (Å²) in [6, 6.07) is 5.63. The lowest BCUT2D eigenvalue weighted by Gasteiger charge is -2.32. The summed E-state index contributed by atoms with van der Waals surface area (Å²) in [4.78, 5) is 13.7. The number of hydrogen-bond acceptors (Lipinski definition) is 4. The zero-order chi connectivity index (χ0) is 13.8. The monoisotopic (exact) mass is 264 g/mol. The van der Waals surface area contributed by atoms with Gasteiger partial charge in [-0.05, 0) is 30.0 Å². The van der Waals surface area contributed by atoms with Crippen LogP contribution in [0.2, 0.25) is 0 Å². The Balaban J connectivity index is 2.30. The van der Waals surface area contributed by atoms with Crippen molar-refractivity contribution < 1.29 is 14.6 Å². The molecule has 104 valence electrons. The van der Waals surface area contributed by atoms with Crippen LogP contribution in [-0.2, 0) is 11.3 Å². The lowest BCUT2D eigenvalue weighted by atomic mass is 10.1. The number of rotatable bonds is 5. The van der Waals surface area contributed by atoms with Gasteiger partial charge in [0, 0.05) is 19.7 Å². The fourth-order valence-corrected chi connectivity index (χ4v) is 2.15. The van der Waals surface area contributed by atoms with Gasteiger partial charge in [-0.1, -0.05) is 13.0 Å². The van der Waals surface area contributed by atoms with Crippen LogP contribution in [0.4, 0.5) is 5.69 Å². The third-order valence-electron chi connectivity index (χ3n) is 3.48. The van der Waals surface area contributed by atoms with Crippen LogP contribution in [0, 0.1) is 5.92 Å². The third-order valence-corrected chi connectivity index (χ3v) is 3.48. The smallest absolute Gasteiger partial charge is 0.265 e. The van der Waals surface area contributed by atoms with Crippen LogP contribution in [0.1, 0.15) is 18.9 Å². The number of amides is 1. The number of ether oxygens (including phenoxy) is 1. The molecule has 0 aromatic heterocycles. The maximum absolute atomic E-state index is 12.0. The normalized spacial score (nSPS) is 15.9.